The van der Waals surface area contributed by atoms with E-state index in [1.54, 1.807) is 4.90 Å². The Hall–Kier alpha value is -1.84. The van der Waals surface area contributed by atoms with Gasteiger partial charge in [0.1, 0.15) is 10.7 Å². The van der Waals surface area contributed by atoms with Crippen LogP contribution in [0.4, 0.5) is 23.2 Å². The van der Waals surface area contributed by atoms with Crippen molar-refractivity contribution in [3.8, 4) is 0 Å². The summed E-state index contributed by atoms with van der Waals surface area (Å²) in [4.78, 5) is 14.7. The molecule has 0 bridgehead atoms. The minimum atomic E-state index is -5.69. The molecule has 1 aromatic carbocycles. The highest BCUT2D eigenvalue weighted by atomic mass is 32.2. The molecule has 1 aromatic rings. The van der Waals surface area contributed by atoms with E-state index in [-0.39, 0.29) is 43.7 Å². The molecule has 0 radical (unpaired) electrons. The SMILES string of the molecule is O=C(C1CCCCC1)N1CCN(c2ccc(F)cc2S(=O)(=O)C(F)(F)F)CC1. The third-order valence-electron chi connectivity index (χ3n) is 5.40. The van der Waals surface area contributed by atoms with Gasteiger partial charge in [-0.2, -0.15) is 13.2 Å². The van der Waals surface area contributed by atoms with Gasteiger partial charge in [0.2, 0.25) is 5.91 Å². The van der Waals surface area contributed by atoms with E-state index in [0.29, 0.717) is 6.07 Å². The molecule has 156 valence electrons. The van der Waals surface area contributed by atoms with Crippen LogP contribution >= 0.6 is 0 Å². The second-order valence-electron chi connectivity index (χ2n) is 7.21. The number of sulfone groups is 1. The lowest BCUT2D eigenvalue weighted by atomic mass is 9.88. The third-order valence-corrected chi connectivity index (χ3v) is 6.92. The monoisotopic (exact) mass is 422 g/mol. The molecule has 0 unspecified atom stereocenters. The van der Waals surface area contributed by atoms with E-state index in [9.17, 15) is 30.8 Å². The Bertz CT molecular complexity index is 828. The molecule has 0 atom stereocenters. The molecule has 0 spiro atoms. The number of piperazine rings is 1. The van der Waals surface area contributed by atoms with Gasteiger partial charge in [-0.3, -0.25) is 4.79 Å². The highest BCUT2D eigenvalue weighted by molar-refractivity contribution is 7.92. The summed E-state index contributed by atoms with van der Waals surface area (Å²) in [6, 6.07) is 2.38. The second-order valence-corrected chi connectivity index (χ2v) is 9.12. The average Bonchev–Trinajstić information content (AvgIpc) is 2.67. The molecule has 0 aromatic heterocycles. The van der Waals surface area contributed by atoms with Crippen LogP contribution in [0.2, 0.25) is 0 Å². The van der Waals surface area contributed by atoms with Crippen LogP contribution in [-0.4, -0.2) is 50.9 Å². The van der Waals surface area contributed by atoms with Crippen LogP contribution in [-0.2, 0) is 14.6 Å². The summed E-state index contributed by atoms with van der Waals surface area (Å²) in [7, 11) is -5.69. The van der Waals surface area contributed by atoms with Crippen LogP contribution < -0.4 is 4.90 Å². The van der Waals surface area contributed by atoms with Crippen LogP contribution in [0.25, 0.3) is 0 Å². The summed E-state index contributed by atoms with van der Waals surface area (Å²) < 4.78 is 76.2. The normalized spacial score (nSPS) is 19.7. The maximum absolute atomic E-state index is 13.5. The number of rotatable bonds is 3. The fourth-order valence-corrected chi connectivity index (χ4v) is 4.85. The van der Waals surface area contributed by atoms with Gasteiger partial charge < -0.3 is 9.80 Å². The molecule has 28 heavy (non-hydrogen) atoms. The first-order chi connectivity index (χ1) is 13.1. The number of halogens is 4. The molecule has 10 heteroatoms. The minimum Gasteiger partial charge on any atom is -0.367 e. The van der Waals surface area contributed by atoms with Crippen molar-refractivity contribution in [1.29, 1.82) is 0 Å². The second kappa shape index (κ2) is 7.88. The Morgan fingerprint density at radius 3 is 2.18 bits per heavy atom. The van der Waals surface area contributed by atoms with Gasteiger partial charge in [0.15, 0.2) is 0 Å². The first-order valence-corrected chi connectivity index (χ1v) is 10.7. The van der Waals surface area contributed by atoms with E-state index < -0.39 is 26.1 Å². The molecule has 1 heterocycles. The van der Waals surface area contributed by atoms with Crippen molar-refractivity contribution in [3.63, 3.8) is 0 Å². The van der Waals surface area contributed by atoms with E-state index in [0.717, 1.165) is 44.2 Å². The van der Waals surface area contributed by atoms with E-state index >= 15 is 0 Å². The van der Waals surface area contributed by atoms with E-state index in [4.69, 9.17) is 0 Å². The fourth-order valence-electron chi connectivity index (χ4n) is 3.86. The van der Waals surface area contributed by atoms with Gasteiger partial charge in [-0.15, -0.1) is 0 Å². The lowest BCUT2D eigenvalue weighted by Gasteiger charge is -2.38. The van der Waals surface area contributed by atoms with E-state index in [1.807, 2.05) is 0 Å². The fraction of sp³-hybridized carbons (Fsp3) is 0.611. The largest absolute Gasteiger partial charge is 0.501 e. The minimum absolute atomic E-state index is 0.00714. The first kappa shape index (κ1) is 20.9. The number of hydrogen-bond donors (Lipinski definition) is 0. The van der Waals surface area contributed by atoms with Crippen LogP contribution in [0.5, 0.6) is 0 Å². The quantitative estimate of drug-likeness (QED) is 0.701. The van der Waals surface area contributed by atoms with Gasteiger partial charge in [0.25, 0.3) is 9.84 Å². The summed E-state index contributed by atoms with van der Waals surface area (Å²) in [5.41, 5.74) is -5.71. The lowest BCUT2D eigenvalue weighted by molar-refractivity contribution is -0.136. The van der Waals surface area contributed by atoms with Gasteiger partial charge in [-0.25, -0.2) is 12.8 Å². The summed E-state index contributed by atoms with van der Waals surface area (Å²) in [6.07, 6.45) is 4.86. The van der Waals surface area contributed by atoms with Crippen molar-refractivity contribution < 1.29 is 30.8 Å². The standard InChI is InChI=1S/C18H22F4N2O3S/c19-14-6-7-15(16(12-14)28(26,27)18(20,21)22)23-8-10-24(11-9-23)17(25)13-4-2-1-3-5-13/h6-7,12-13H,1-5,8-11H2. The molecule has 3 rings (SSSR count). The van der Waals surface area contributed by atoms with Gasteiger partial charge in [-0.1, -0.05) is 19.3 Å². The molecule has 0 N–H and O–H groups in total. The Kier molecular flexibility index (Phi) is 5.88. The zero-order valence-electron chi connectivity index (χ0n) is 15.2. The molecule has 1 amide bonds. The van der Waals surface area contributed by atoms with Gasteiger partial charge in [0, 0.05) is 32.1 Å². The van der Waals surface area contributed by atoms with Gasteiger partial charge in [-0.05, 0) is 31.0 Å². The Balaban J connectivity index is 1.77. The number of hydrogen-bond acceptors (Lipinski definition) is 4. The topological polar surface area (TPSA) is 57.7 Å². The first-order valence-electron chi connectivity index (χ1n) is 9.26. The predicted molar refractivity (Wildman–Crippen MR) is 95.0 cm³/mol. The van der Waals surface area contributed by atoms with Crippen molar-refractivity contribution >= 4 is 21.4 Å². The molecule has 5 nitrogen and oxygen atoms in total. The van der Waals surface area contributed by atoms with E-state index in [1.165, 1.54) is 4.90 Å². The summed E-state index contributed by atoms with van der Waals surface area (Å²) in [5.74, 6) is -1.01. The molecule has 1 saturated carbocycles. The highest BCUT2D eigenvalue weighted by Crippen LogP contribution is 2.37. The third kappa shape index (κ3) is 4.11. The molecule has 1 aliphatic carbocycles. The maximum atomic E-state index is 13.5. The number of amides is 1. The maximum Gasteiger partial charge on any atom is 0.501 e. The summed E-state index contributed by atoms with van der Waals surface area (Å²) in [5, 5.41) is 0. The van der Waals surface area contributed by atoms with Crippen molar-refractivity contribution in [1.82, 2.24) is 4.90 Å². The molecular weight excluding hydrogens is 400 g/mol. The van der Waals surface area contributed by atoms with Crippen LogP contribution in [0.3, 0.4) is 0 Å². The number of anilines is 1. The van der Waals surface area contributed by atoms with Crippen LogP contribution in [0, 0.1) is 11.7 Å². The van der Waals surface area contributed by atoms with Crippen molar-refractivity contribution in [2.24, 2.45) is 5.92 Å². The molecule has 2 fully saturated rings. The van der Waals surface area contributed by atoms with Crippen LogP contribution in [0.1, 0.15) is 32.1 Å². The number of alkyl halides is 3. The zero-order valence-corrected chi connectivity index (χ0v) is 16.0. The zero-order chi connectivity index (χ0) is 20.5. The smallest absolute Gasteiger partial charge is 0.367 e. The molecular formula is C18H22F4N2O3S. The molecule has 2 aliphatic rings. The predicted octanol–water partition coefficient (Wildman–Crippen LogP) is 3.35. The lowest BCUT2D eigenvalue weighted by Crippen LogP contribution is -2.51. The number of benzene rings is 1. The Morgan fingerprint density at radius 1 is 1.00 bits per heavy atom. The van der Waals surface area contributed by atoms with Crippen molar-refractivity contribution in [3.05, 3.63) is 24.0 Å². The Labute approximate surface area is 161 Å². The average molecular weight is 422 g/mol. The van der Waals surface area contributed by atoms with Gasteiger partial charge in [0.05, 0.1) is 5.69 Å². The Morgan fingerprint density at radius 2 is 1.61 bits per heavy atom. The highest BCUT2D eigenvalue weighted by Gasteiger charge is 2.48. The molecule has 1 aliphatic heterocycles. The van der Waals surface area contributed by atoms with E-state index in [2.05, 4.69) is 0 Å². The number of carbonyl (C=O) groups excluding carboxylic acids is 1. The molecule has 1 saturated heterocycles. The number of nitrogens with zero attached hydrogens (tertiary/aromatic N) is 2. The summed E-state index contributed by atoms with van der Waals surface area (Å²) in [6.45, 7) is 0.950. The van der Waals surface area contributed by atoms with Gasteiger partial charge >= 0.3 is 5.51 Å². The number of carbonyl (C=O) groups is 1. The van der Waals surface area contributed by atoms with Crippen molar-refractivity contribution in [2.45, 2.75) is 42.5 Å². The van der Waals surface area contributed by atoms with Crippen molar-refractivity contribution in [2.75, 3.05) is 31.1 Å². The summed E-state index contributed by atoms with van der Waals surface area (Å²) >= 11 is 0. The van der Waals surface area contributed by atoms with Crippen LogP contribution in [0.15, 0.2) is 23.1 Å².